The van der Waals surface area contributed by atoms with Crippen molar-refractivity contribution in [3.8, 4) is 6.01 Å². The van der Waals surface area contributed by atoms with Crippen LogP contribution >= 0.6 is 0 Å². The fourth-order valence-electron chi connectivity index (χ4n) is 2.52. The van der Waals surface area contributed by atoms with E-state index in [1.54, 1.807) is 10.8 Å². The van der Waals surface area contributed by atoms with Crippen LogP contribution in [0.25, 0.3) is 0 Å². The quantitative estimate of drug-likeness (QED) is 0.713. The minimum Gasteiger partial charge on any atom is -0.456 e. The SMILES string of the molecule is CC[C@H]1O[C@@H]2[C@H](Oc3nc(=O)ccn32)C1OC(C)=O. The van der Waals surface area contributed by atoms with Gasteiger partial charge in [0.2, 0.25) is 0 Å². The zero-order valence-corrected chi connectivity index (χ0v) is 10.6. The lowest BCUT2D eigenvalue weighted by molar-refractivity contribution is -0.152. The fraction of sp³-hybridized carbons (Fsp3) is 0.583. The molecule has 3 rings (SSSR count). The number of carbonyl (C=O) groups excluding carboxylic acids is 1. The Morgan fingerprint density at radius 2 is 2.37 bits per heavy atom. The van der Waals surface area contributed by atoms with Crippen molar-refractivity contribution in [3.05, 3.63) is 22.6 Å². The summed E-state index contributed by atoms with van der Waals surface area (Å²) in [4.78, 5) is 26.1. The minimum absolute atomic E-state index is 0.203. The topological polar surface area (TPSA) is 79.7 Å². The Morgan fingerprint density at radius 3 is 3.05 bits per heavy atom. The van der Waals surface area contributed by atoms with Crippen LogP contribution in [0.4, 0.5) is 0 Å². The van der Waals surface area contributed by atoms with Crippen LogP contribution in [0.3, 0.4) is 0 Å². The Hall–Kier alpha value is -1.89. The number of hydrogen-bond acceptors (Lipinski definition) is 6. The molecule has 2 aliphatic heterocycles. The summed E-state index contributed by atoms with van der Waals surface area (Å²) in [5, 5.41) is 0. The first-order chi connectivity index (χ1) is 9.10. The lowest BCUT2D eigenvalue weighted by Crippen LogP contribution is -2.37. The second kappa shape index (κ2) is 4.34. The van der Waals surface area contributed by atoms with E-state index in [0.29, 0.717) is 6.42 Å². The molecule has 0 aliphatic carbocycles. The van der Waals surface area contributed by atoms with Crippen molar-refractivity contribution in [3.63, 3.8) is 0 Å². The van der Waals surface area contributed by atoms with Crippen LogP contribution in [-0.4, -0.2) is 33.8 Å². The Balaban J connectivity index is 1.92. The van der Waals surface area contributed by atoms with Gasteiger partial charge in [0.25, 0.3) is 5.56 Å². The predicted molar refractivity (Wildman–Crippen MR) is 62.7 cm³/mol. The third-order valence-electron chi connectivity index (χ3n) is 3.31. The van der Waals surface area contributed by atoms with Crippen molar-refractivity contribution < 1.29 is 19.0 Å². The Labute approximate surface area is 109 Å². The van der Waals surface area contributed by atoms with Crippen molar-refractivity contribution in [1.82, 2.24) is 9.55 Å². The number of rotatable bonds is 2. The third-order valence-corrected chi connectivity index (χ3v) is 3.31. The maximum Gasteiger partial charge on any atom is 0.303 e. The fourth-order valence-corrected chi connectivity index (χ4v) is 2.52. The molecule has 0 aromatic carbocycles. The summed E-state index contributed by atoms with van der Waals surface area (Å²) < 4.78 is 18.4. The molecule has 1 aromatic heterocycles. The van der Waals surface area contributed by atoms with Gasteiger partial charge in [0.15, 0.2) is 18.4 Å². The molecule has 0 N–H and O–H groups in total. The van der Waals surface area contributed by atoms with Crippen LogP contribution in [0.5, 0.6) is 6.01 Å². The zero-order chi connectivity index (χ0) is 13.6. The van der Waals surface area contributed by atoms with Crippen LogP contribution < -0.4 is 10.3 Å². The second-order valence-electron chi connectivity index (χ2n) is 4.59. The third kappa shape index (κ3) is 1.90. The van der Waals surface area contributed by atoms with E-state index in [-0.39, 0.29) is 23.6 Å². The lowest BCUT2D eigenvalue weighted by Gasteiger charge is -2.20. The Morgan fingerprint density at radius 1 is 1.58 bits per heavy atom. The number of fused-ring (bicyclic) bond motifs is 3. The molecular formula is C12H14N2O5. The molecule has 0 saturated carbocycles. The van der Waals surface area contributed by atoms with Crippen molar-refractivity contribution in [2.45, 2.75) is 44.8 Å². The van der Waals surface area contributed by atoms with Gasteiger partial charge in [-0.3, -0.25) is 14.2 Å². The number of hydrogen-bond donors (Lipinski definition) is 0. The number of carbonyl (C=O) groups is 1. The van der Waals surface area contributed by atoms with E-state index in [9.17, 15) is 9.59 Å². The van der Waals surface area contributed by atoms with Gasteiger partial charge >= 0.3 is 12.0 Å². The highest BCUT2D eigenvalue weighted by Crippen LogP contribution is 2.40. The van der Waals surface area contributed by atoms with E-state index in [1.165, 1.54) is 13.0 Å². The van der Waals surface area contributed by atoms with Crippen LogP contribution in [0, 0.1) is 0 Å². The molecule has 1 aromatic rings. The molecular weight excluding hydrogens is 252 g/mol. The molecule has 1 fully saturated rings. The molecule has 4 atom stereocenters. The van der Waals surface area contributed by atoms with Crippen LogP contribution in [0.2, 0.25) is 0 Å². The predicted octanol–water partition coefficient (Wildman–Crippen LogP) is 0.243. The average molecular weight is 266 g/mol. The second-order valence-corrected chi connectivity index (χ2v) is 4.59. The Kier molecular flexibility index (Phi) is 2.78. The molecule has 0 spiro atoms. The van der Waals surface area contributed by atoms with Gasteiger partial charge in [-0.05, 0) is 6.42 Å². The van der Waals surface area contributed by atoms with Crippen molar-refractivity contribution in [1.29, 1.82) is 0 Å². The highest BCUT2D eigenvalue weighted by molar-refractivity contribution is 5.66. The average Bonchev–Trinajstić information content (AvgIpc) is 2.85. The Bertz CT molecular complexity index is 569. The number of aromatic nitrogens is 2. The van der Waals surface area contributed by atoms with Crippen LogP contribution in [-0.2, 0) is 14.3 Å². The molecule has 0 radical (unpaired) electrons. The molecule has 0 amide bonds. The van der Waals surface area contributed by atoms with Gasteiger partial charge in [-0.15, -0.1) is 0 Å². The van der Waals surface area contributed by atoms with E-state index < -0.39 is 18.4 Å². The van der Waals surface area contributed by atoms with E-state index in [0.717, 1.165) is 0 Å². The van der Waals surface area contributed by atoms with Gasteiger partial charge in [0.05, 0.1) is 0 Å². The number of ether oxygens (including phenoxy) is 3. The molecule has 19 heavy (non-hydrogen) atoms. The van der Waals surface area contributed by atoms with Gasteiger partial charge < -0.3 is 14.2 Å². The van der Waals surface area contributed by atoms with Gasteiger partial charge in [-0.25, -0.2) is 0 Å². The summed E-state index contributed by atoms with van der Waals surface area (Å²) in [5.41, 5.74) is -0.373. The minimum atomic E-state index is -0.482. The summed E-state index contributed by atoms with van der Waals surface area (Å²) >= 11 is 0. The van der Waals surface area contributed by atoms with Crippen LogP contribution in [0.15, 0.2) is 17.1 Å². The van der Waals surface area contributed by atoms with Crippen molar-refractivity contribution in [2.75, 3.05) is 0 Å². The zero-order valence-electron chi connectivity index (χ0n) is 10.6. The van der Waals surface area contributed by atoms with E-state index >= 15 is 0 Å². The summed E-state index contributed by atoms with van der Waals surface area (Å²) in [6.45, 7) is 3.30. The molecule has 1 saturated heterocycles. The van der Waals surface area contributed by atoms with E-state index in [2.05, 4.69) is 4.98 Å². The highest BCUT2D eigenvalue weighted by atomic mass is 16.6. The maximum absolute atomic E-state index is 11.2. The van der Waals surface area contributed by atoms with Crippen molar-refractivity contribution >= 4 is 5.97 Å². The summed E-state index contributed by atoms with van der Waals surface area (Å²) in [5.74, 6) is -0.380. The number of esters is 1. The van der Waals surface area contributed by atoms with Gasteiger partial charge in [0, 0.05) is 19.2 Å². The summed E-state index contributed by atoms with van der Waals surface area (Å²) in [6.07, 6.45) is 0.728. The van der Waals surface area contributed by atoms with Crippen LogP contribution in [0.1, 0.15) is 26.5 Å². The monoisotopic (exact) mass is 266 g/mol. The first-order valence-electron chi connectivity index (χ1n) is 6.18. The van der Waals surface area contributed by atoms with Gasteiger partial charge in [-0.2, -0.15) is 4.98 Å². The highest BCUT2D eigenvalue weighted by Gasteiger charge is 2.52. The lowest BCUT2D eigenvalue weighted by atomic mass is 10.1. The molecule has 7 nitrogen and oxygen atoms in total. The van der Waals surface area contributed by atoms with E-state index in [1.807, 2.05) is 6.92 Å². The molecule has 3 heterocycles. The van der Waals surface area contributed by atoms with Gasteiger partial charge in [0.1, 0.15) is 6.10 Å². The summed E-state index contributed by atoms with van der Waals surface area (Å²) in [7, 11) is 0. The maximum atomic E-state index is 11.2. The summed E-state index contributed by atoms with van der Waals surface area (Å²) in [6, 6.07) is 1.55. The first kappa shape index (κ1) is 12.2. The van der Waals surface area contributed by atoms with Gasteiger partial charge in [-0.1, -0.05) is 6.92 Å². The van der Waals surface area contributed by atoms with E-state index in [4.69, 9.17) is 14.2 Å². The normalized spacial score (nSPS) is 31.5. The largest absolute Gasteiger partial charge is 0.456 e. The standard InChI is InChI=1S/C12H14N2O5/c1-3-7-9(17-6(2)15)10-11(18-7)14-5-4-8(16)13-12(14)19-10/h4-5,7,9-11H,3H2,1-2H3/t7-,9?,10-,11-/m1/s1. The van der Waals surface area contributed by atoms with Crippen molar-refractivity contribution in [2.24, 2.45) is 0 Å². The molecule has 0 bridgehead atoms. The first-order valence-corrected chi connectivity index (χ1v) is 6.18. The number of nitrogens with zero attached hydrogens (tertiary/aromatic N) is 2. The smallest absolute Gasteiger partial charge is 0.303 e. The molecule has 7 heteroatoms. The molecule has 2 aliphatic rings. The molecule has 1 unspecified atom stereocenters. The molecule has 102 valence electrons.